The Hall–Kier alpha value is -1.66. The van der Waals surface area contributed by atoms with Crippen molar-refractivity contribution in [3.05, 3.63) is 29.6 Å². The zero-order valence-corrected chi connectivity index (χ0v) is 14.9. The molecule has 1 unspecified atom stereocenters. The third-order valence-electron chi connectivity index (χ3n) is 5.57. The number of piperidine rings is 1. The summed E-state index contributed by atoms with van der Waals surface area (Å²) in [5.74, 6) is -0.0129. The molecule has 1 atom stereocenters. The minimum Gasteiger partial charge on any atom is -0.494 e. The lowest BCUT2D eigenvalue weighted by molar-refractivity contribution is -0.0661. The molecule has 2 heterocycles. The van der Waals surface area contributed by atoms with Crippen LogP contribution in [-0.4, -0.2) is 56.9 Å². The molecule has 0 aromatic heterocycles. The fraction of sp³-hybridized carbons (Fsp3) is 0.632. The van der Waals surface area contributed by atoms with Gasteiger partial charge in [-0.05, 0) is 49.8 Å². The largest absolute Gasteiger partial charge is 0.494 e. The van der Waals surface area contributed by atoms with Crippen molar-refractivity contribution in [1.82, 2.24) is 4.90 Å². The SMILES string of the molecule is COCCC1CCOC12CCN(C(=O)c1ccc(OC)c(F)c1)CC2. The number of hydrogen-bond donors (Lipinski definition) is 0. The molecule has 1 spiro atoms. The Bertz CT molecular complexity index is 613. The van der Waals surface area contributed by atoms with Gasteiger partial charge in [0.25, 0.3) is 5.91 Å². The summed E-state index contributed by atoms with van der Waals surface area (Å²) in [6.45, 7) is 2.79. The van der Waals surface area contributed by atoms with Crippen molar-refractivity contribution in [1.29, 1.82) is 0 Å². The molecule has 1 aromatic carbocycles. The first-order chi connectivity index (χ1) is 12.1. The Labute approximate surface area is 148 Å². The van der Waals surface area contributed by atoms with Crippen LogP contribution in [0.2, 0.25) is 0 Å². The summed E-state index contributed by atoms with van der Waals surface area (Å²) >= 11 is 0. The molecule has 6 heteroatoms. The first-order valence-corrected chi connectivity index (χ1v) is 8.85. The molecule has 0 saturated carbocycles. The monoisotopic (exact) mass is 351 g/mol. The van der Waals surface area contributed by atoms with Crippen molar-refractivity contribution in [2.75, 3.05) is 40.5 Å². The van der Waals surface area contributed by atoms with Crippen molar-refractivity contribution < 1.29 is 23.4 Å². The van der Waals surface area contributed by atoms with Gasteiger partial charge in [0.15, 0.2) is 11.6 Å². The highest BCUT2D eigenvalue weighted by molar-refractivity contribution is 5.94. The summed E-state index contributed by atoms with van der Waals surface area (Å²) in [5.41, 5.74) is 0.234. The number of halogens is 1. The molecule has 25 heavy (non-hydrogen) atoms. The van der Waals surface area contributed by atoms with Crippen LogP contribution < -0.4 is 4.74 Å². The highest BCUT2D eigenvalue weighted by Gasteiger charge is 2.46. The maximum Gasteiger partial charge on any atom is 0.253 e. The number of rotatable bonds is 5. The Balaban J connectivity index is 1.63. The molecule has 0 N–H and O–H groups in total. The van der Waals surface area contributed by atoms with Gasteiger partial charge in [0, 0.05) is 39.0 Å². The average molecular weight is 351 g/mol. The Morgan fingerprint density at radius 2 is 2.12 bits per heavy atom. The van der Waals surface area contributed by atoms with E-state index in [2.05, 4.69) is 0 Å². The smallest absolute Gasteiger partial charge is 0.253 e. The Morgan fingerprint density at radius 3 is 2.76 bits per heavy atom. The van der Waals surface area contributed by atoms with Crippen LogP contribution in [0.25, 0.3) is 0 Å². The van der Waals surface area contributed by atoms with E-state index in [4.69, 9.17) is 14.2 Å². The number of hydrogen-bond acceptors (Lipinski definition) is 4. The van der Waals surface area contributed by atoms with Crippen LogP contribution in [0.5, 0.6) is 5.75 Å². The van der Waals surface area contributed by atoms with E-state index in [1.807, 2.05) is 0 Å². The van der Waals surface area contributed by atoms with Crippen LogP contribution in [0.3, 0.4) is 0 Å². The van der Waals surface area contributed by atoms with Crippen molar-refractivity contribution in [2.45, 2.75) is 31.3 Å². The van der Waals surface area contributed by atoms with E-state index in [9.17, 15) is 9.18 Å². The van der Waals surface area contributed by atoms with E-state index in [1.54, 1.807) is 18.1 Å². The lowest BCUT2D eigenvalue weighted by atomic mass is 9.78. The number of benzene rings is 1. The maximum absolute atomic E-state index is 13.9. The molecule has 2 aliphatic rings. The van der Waals surface area contributed by atoms with E-state index in [0.717, 1.165) is 38.9 Å². The molecule has 2 saturated heterocycles. The topological polar surface area (TPSA) is 48.0 Å². The van der Waals surface area contributed by atoms with E-state index < -0.39 is 5.82 Å². The zero-order valence-electron chi connectivity index (χ0n) is 14.9. The van der Waals surface area contributed by atoms with Crippen LogP contribution in [0.1, 0.15) is 36.0 Å². The minimum atomic E-state index is -0.513. The van der Waals surface area contributed by atoms with Gasteiger partial charge in [0.1, 0.15) is 0 Å². The van der Waals surface area contributed by atoms with E-state index >= 15 is 0 Å². The molecule has 0 aliphatic carbocycles. The Morgan fingerprint density at radius 1 is 1.36 bits per heavy atom. The highest BCUT2D eigenvalue weighted by Crippen LogP contribution is 2.42. The average Bonchev–Trinajstić information content (AvgIpc) is 3.02. The van der Waals surface area contributed by atoms with E-state index in [0.29, 0.717) is 24.6 Å². The second-order valence-electron chi connectivity index (χ2n) is 6.82. The van der Waals surface area contributed by atoms with Gasteiger partial charge < -0.3 is 19.1 Å². The molecule has 138 valence electrons. The summed E-state index contributed by atoms with van der Waals surface area (Å²) in [5, 5.41) is 0. The Kier molecular flexibility index (Phi) is 5.59. The van der Waals surface area contributed by atoms with Crippen LogP contribution >= 0.6 is 0 Å². The molecule has 3 rings (SSSR count). The summed E-state index contributed by atoms with van der Waals surface area (Å²) in [6.07, 6.45) is 3.70. The molecular formula is C19H26FNO4. The summed E-state index contributed by atoms with van der Waals surface area (Å²) < 4.78 is 30.1. The van der Waals surface area contributed by atoms with Gasteiger partial charge in [-0.15, -0.1) is 0 Å². The lowest BCUT2D eigenvalue weighted by Crippen LogP contribution is -2.49. The van der Waals surface area contributed by atoms with Crippen molar-refractivity contribution >= 4 is 5.91 Å². The third kappa shape index (κ3) is 3.65. The second kappa shape index (κ2) is 7.70. The van der Waals surface area contributed by atoms with E-state index in [1.165, 1.54) is 19.2 Å². The van der Waals surface area contributed by atoms with Crippen LogP contribution in [0.4, 0.5) is 4.39 Å². The molecule has 2 fully saturated rings. The molecule has 5 nitrogen and oxygen atoms in total. The van der Waals surface area contributed by atoms with Crippen molar-refractivity contribution in [3.8, 4) is 5.75 Å². The number of amides is 1. The van der Waals surface area contributed by atoms with Gasteiger partial charge in [-0.3, -0.25) is 4.79 Å². The number of carbonyl (C=O) groups is 1. The first-order valence-electron chi connectivity index (χ1n) is 8.85. The summed E-state index contributed by atoms with van der Waals surface area (Å²) in [6, 6.07) is 4.36. The van der Waals surface area contributed by atoms with Crippen LogP contribution in [-0.2, 0) is 9.47 Å². The normalized spacial score (nSPS) is 22.4. The predicted molar refractivity (Wildman–Crippen MR) is 91.4 cm³/mol. The minimum absolute atomic E-state index is 0.125. The molecule has 0 bridgehead atoms. The molecule has 0 radical (unpaired) electrons. The fourth-order valence-electron chi connectivity index (χ4n) is 4.08. The van der Waals surface area contributed by atoms with E-state index in [-0.39, 0.29) is 17.3 Å². The zero-order chi connectivity index (χ0) is 17.9. The molecule has 1 amide bonds. The molecule has 2 aliphatic heterocycles. The number of carbonyl (C=O) groups excluding carboxylic acids is 1. The van der Waals surface area contributed by atoms with Gasteiger partial charge >= 0.3 is 0 Å². The lowest BCUT2D eigenvalue weighted by Gasteiger charge is -2.42. The predicted octanol–water partition coefficient (Wildman–Crippen LogP) is 2.88. The number of nitrogens with zero attached hydrogens (tertiary/aromatic N) is 1. The van der Waals surface area contributed by atoms with Gasteiger partial charge in [0.2, 0.25) is 0 Å². The molecule has 1 aromatic rings. The number of methoxy groups -OCH3 is 2. The van der Waals surface area contributed by atoms with Gasteiger partial charge in [-0.2, -0.15) is 0 Å². The fourth-order valence-corrected chi connectivity index (χ4v) is 4.08. The summed E-state index contributed by atoms with van der Waals surface area (Å²) in [4.78, 5) is 14.5. The second-order valence-corrected chi connectivity index (χ2v) is 6.82. The maximum atomic E-state index is 13.9. The van der Waals surface area contributed by atoms with Gasteiger partial charge in [-0.25, -0.2) is 4.39 Å². The van der Waals surface area contributed by atoms with Crippen LogP contribution in [0.15, 0.2) is 18.2 Å². The van der Waals surface area contributed by atoms with Crippen molar-refractivity contribution in [2.24, 2.45) is 5.92 Å². The van der Waals surface area contributed by atoms with Gasteiger partial charge in [-0.1, -0.05) is 0 Å². The first kappa shape index (κ1) is 18.1. The number of likely N-dealkylation sites (tertiary alicyclic amines) is 1. The van der Waals surface area contributed by atoms with Crippen LogP contribution in [0, 0.1) is 11.7 Å². The third-order valence-corrected chi connectivity index (χ3v) is 5.57. The standard InChI is InChI=1S/C19H26FNO4/c1-23-11-5-15-6-12-25-19(15)7-9-21(10-8-19)18(22)14-3-4-17(24-2)16(20)13-14/h3-4,13,15H,5-12H2,1-2H3. The molecular weight excluding hydrogens is 325 g/mol. The van der Waals surface area contributed by atoms with Gasteiger partial charge in [0.05, 0.1) is 12.7 Å². The summed E-state index contributed by atoms with van der Waals surface area (Å²) in [7, 11) is 3.13. The van der Waals surface area contributed by atoms with Crippen molar-refractivity contribution in [3.63, 3.8) is 0 Å². The number of ether oxygens (including phenoxy) is 3. The highest BCUT2D eigenvalue weighted by atomic mass is 19.1. The quantitative estimate of drug-likeness (QED) is 0.818.